The highest BCUT2D eigenvalue weighted by Gasteiger charge is 2.43. The van der Waals surface area contributed by atoms with Crippen LogP contribution in [-0.2, 0) is 10.0 Å². The van der Waals surface area contributed by atoms with Gasteiger partial charge in [-0.2, -0.15) is 5.26 Å². The summed E-state index contributed by atoms with van der Waals surface area (Å²) in [7, 11) is -3.85. The molecule has 1 N–H and O–H groups in total. The van der Waals surface area contributed by atoms with Crippen LogP contribution in [0.4, 0.5) is 4.39 Å². The zero-order chi connectivity index (χ0) is 14.3. The van der Waals surface area contributed by atoms with Crippen LogP contribution in [0.15, 0.2) is 23.1 Å². The van der Waals surface area contributed by atoms with Gasteiger partial charge < -0.3 is 0 Å². The maximum atomic E-state index is 13.5. The number of sulfonamides is 1. The van der Waals surface area contributed by atoms with Crippen LogP contribution in [0.1, 0.15) is 31.2 Å². The Bertz CT molecular complexity index is 661. The van der Waals surface area contributed by atoms with Gasteiger partial charge in [0.25, 0.3) is 0 Å². The lowest BCUT2D eigenvalue weighted by atomic mass is 10.1. The molecule has 2 aliphatic carbocycles. The van der Waals surface area contributed by atoms with Gasteiger partial charge in [0.1, 0.15) is 22.3 Å². The second kappa shape index (κ2) is 4.83. The number of halogens is 1. The standard InChI is InChI=1S/C14H15FN2O2S/c15-12-2-1-3-13(11(12)8-16)20(18,19)17-14(9-4-5-9)10-6-7-10/h1-3,9-10,14,17H,4-7H2. The van der Waals surface area contributed by atoms with E-state index in [1.54, 1.807) is 6.07 Å². The van der Waals surface area contributed by atoms with Crippen LogP contribution in [0.5, 0.6) is 0 Å². The van der Waals surface area contributed by atoms with Gasteiger partial charge >= 0.3 is 0 Å². The van der Waals surface area contributed by atoms with E-state index in [9.17, 15) is 12.8 Å². The van der Waals surface area contributed by atoms with E-state index in [2.05, 4.69) is 4.72 Å². The smallest absolute Gasteiger partial charge is 0.207 e. The number of hydrogen-bond donors (Lipinski definition) is 1. The van der Waals surface area contributed by atoms with Crippen molar-refractivity contribution >= 4 is 10.0 Å². The average molecular weight is 294 g/mol. The summed E-state index contributed by atoms with van der Waals surface area (Å²) < 4.78 is 41.1. The van der Waals surface area contributed by atoms with Crippen LogP contribution in [0.2, 0.25) is 0 Å². The van der Waals surface area contributed by atoms with Crippen molar-refractivity contribution in [2.75, 3.05) is 0 Å². The molecule has 2 aliphatic rings. The molecule has 2 fully saturated rings. The summed E-state index contributed by atoms with van der Waals surface area (Å²) >= 11 is 0. The second-order valence-electron chi connectivity index (χ2n) is 5.55. The molecule has 6 heteroatoms. The Morgan fingerprint density at radius 1 is 1.25 bits per heavy atom. The highest BCUT2D eigenvalue weighted by Crippen LogP contribution is 2.45. The third kappa shape index (κ3) is 2.56. The minimum absolute atomic E-state index is 0.0604. The summed E-state index contributed by atoms with van der Waals surface area (Å²) in [5, 5.41) is 8.96. The molecule has 0 aliphatic heterocycles. The maximum Gasteiger partial charge on any atom is 0.242 e. The molecule has 4 nitrogen and oxygen atoms in total. The summed E-state index contributed by atoms with van der Waals surface area (Å²) in [5.74, 6) is -0.00231. The fraction of sp³-hybridized carbons (Fsp3) is 0.500. The lowest BCUT2D eigenvalue weighted by molar-refractivity contribution is 0.471. The summed E-state index contributed by atoms with van der Waals surface area (Å²) in [6.07, 6.45) is 4.16. The Labute approximate surface area is 117 Å². The Balaban J connectivity index is 1.92. The molecule has 0 saturated heterocycles. The van der Waals surface area contributed by atoms with Gasteiger partial charge in [0, 0.05) is 6.04 Å². The first-order chi connectivity index (χ1) is 9.53. The molecule has 0 radical (unpaired) electrons. The molecule has 0 aromatic heterocycles. The van der Waals surface area contributed by atoms with Crippen LogP contribution < -0.4 is 4.72 Å². The van der Waals surface area contributed by atoms with E-state index in [1.165, 1.54) is 12.1 Å². The van der Waals surface area contributed by atoms with E-state index in [4.69, 9.17) is 5.26 Å². The SMILES string of the molecule is N#Cc1c(F)cccc1S(=O)(=O)NC(C1CC1)C1CC1. The first kappa shape index (κ1) is 13.5. The summed E-state index contributed by atoms with van der Waals surface area (Å²) in [5.41, 5.74) is -0.412. The fourth-order valence-electron chi connectivity index (χ4n) is 2.57. The molecule has 0 unspecified atom stereocenters. The lowest BCUT2D eigenvalue weighted by Gasteiger charge is -2.18. The monoisotopic (exact) mass is 294 g/mol. The van der Waals surface area contributed by atoms with Crippen LogP contribution in [0.25, 0.3) is 0 Å². The third-order valence-electron chi connectivity index (χ3n) is 3.93. The zero-order valence-corrected chi connectivity index (χ0v) is 11.7. The highest BCUT2D eigenvalue weighted by atomic mass is 32.2. The highest BCUT2D eigenvalue weighted by molar-refractivity contribution is 7.89. The molecule has 2 saturated carbocycles. The molecule has 0 heterocycles. The average Bonchev–Trinajstić information content (AvgIpc) is 3.29. The Morgan fingerprint density at radius 3 is 2.35 bits per heavy atom. The van der Waals surface area contributed by atoms with E-state index in [1.807, 2.05) is 0 Å². The summed E-state index contributed by atoms with van der Waals surface area (Å²) in [4.78, 5) is -0.258. The van der Waals surface area contributed by atoms with E-state index in [0.29, 0.717) is 11.8 Å². The predicted molar refractivity (Wildman–Crippen MR) is 70.7 cm³/mol. The normalized spacial score (nSPS) is 19.1. The third-order valence-corrected chi connectivity index (χ3v) is 5.43. The van der Waals surface area contributed by atoms with Gasteiger partial charge in [-0.15, -0.1) is 0 Å². The molecule has 0 atom stereocenters. The van der Waals surface area contributed by atoms with Crippen molar-refractivity contribution in [3.63, 3.8) is 0 Å². The quantitative estimate of drug-likeness (QED) is 0.904. The van der Waals surface area contributed by atoms with E-state index in [-0.39, 0.29) is 10.9 Å². The number of benzene rings is 1. The van der Waals surface area contributed by atoms with E-state index < -0.39 is 21.4 Å². The van der Waals surface area contributed by atoms with Crippen molar-refractivity contribution in [2.45, 2.75) is 36.6 Å². The van der Waals surface area contributed by atoms with Gasteiger partial charge in [0.15, 0.2) is 0 Å². The van der Waals surface area contributed by atoms with E-state index in [0.717, 1.165) is 31.7 Å². The van der Waals surface area contributed by atoms with Crippen molar-refractivity contribution < 1.29 is 12.8 Å². The predicted octanol–water partition coefficient (Wildman–Crippen LogP) is 2.16. The molecule has 0 bridgehead atoms. The number of hydrogen-bond acceptors (Lipinski definition) is 3. The molecular formula is C14H15FN2O2S. The summed E-state index contributed by atoms with van der Waals surface area (Å²) in [6, 6.07) is 5.26. The van der Waals surface area contributed by atoms with Crippen LogP contribution in [0.3, 0.4) is 0 Å². The van der Waals surface area contributed by atoms with Gasteiger partial charge in [-0.05, 0) is 49.7 Å². The van der Waals surface area contributed by atoms with Gasteiger partial charge in [-0.25, -0.2) is 17.5 Å². The second-order valence-corrected chi connectivity index (χ2v) is 7.23. The Kier molecular flexibility index (Phi) is 3.27. The van der Waals surface area contributed by atoms with Crippen molar-refractivity contribution in [1.29, 1.82) is 5.26 Å². The molecule has 3 rings (SSSR count). The largest absolute Gasteiger partial charge is 0.242 e. The molecule has 1 aromatic carbocycles. The first-order valence-corrected chi connectivity index (χ1v) is 8.22. The van der Waals surface area contributed by atoms with Gasteiger partial charge in [-0.1, -0.05) is 6.07 Å². The Hall–Kier alpha value is -1.45. The van der Waals surface area contributed by atoms with Crippen LogP contribution >= 0.6 is 0 Å². The van der Waals surface area contributed by atoms with E-state index >= 15 is 0 Å². The maximum absolute atomic E-state index is 13.5. The topological polar surface area (TPSA) is 70.0 Å². The molecule has 20 heavy (non-hydrogen) atoms. The molecule has 0 amide bonds. The van der Waals surface area contributed by atoms with Gasteiger partial charge in [0.05, 0.1) is 0 Å². The van der Waals surface area contributed by atoms with Crippen LogP contribution in [0, 0.1) is 29.0 Å². The van der Waals surface area contributed by atoms with Crippen LogP contribution in [-0.4, -0.2) is 14.5 Å². The molecule has 1 aromatic rings. The molecule has 106 valence electrons. The fourth-order valence-corrected chi connectivity index (χ4v) is 4.11. The molecular weight excluding hydrogens is 279 g/mol. The van der Waals surface area contributed by atoms with Crippen molar-refractivity contribution in [3.05, 3.63) is 29.6 Å². The van der Waals surface area contributed by atoms with Gasteiger partial charge in [-0.3, -0.25) is 0 Å². The summed E-state index contributed by atoms with van der Waals surface area (Å²) in [6.45, 7) is 0. The zero-order valence-electron chi connectivity index (χ0n) is 10.8. The number of nitriles is 1. The number of nitrogens with zero attached hydrogens (tertiary/aromatic N) is 1. The minimum Gasteiger partial charge on any atom is -0.207 e. The molecule has 0 spiro atoms. The number of rotatable bonds is 5. The van der Waals surface area contributed by atoms with Crippen molar-refractivity contribution in [2.24, 2.45) is 11.8 Å². The number of nitrogens with one attached hydrogen (secondary N) is 1. The first-order valence-electron chi connectivity index (χ1n) is 6.74. The minimum atomic E-state index is -3.85. The van der Waals surface area contributed by atoms with Crippen molar-refractivity contribution in [3.8, 4) is 6.07 Å². The van der Waals surface area contributed by atoms with Gasteiger partial charge in [0.2, 0.25) is 10.0 Å². The van der Waals surface area contributed by atoms with Crippen molar-refractivity contribution in [1.82, 2.24) is 4.72 Å². The Morgan fingerprint density at radius 2 is 1.85 bits per heavy atom. The lowest BCUT2D eigenvalue weighted by Crippen LogP contribution is -2.38.